The molecule has 0 amide bonds. The van der Waals surface area contributed by atoms with Gasteiger partial charge < -0.3 is 0 Å². The summed E-state index contributed by atoms with van der Waals surface area (Å²) in [6.45, 7) is 0. The van der Waals surface area contributed by atoms with E-state index in [-0.39, 0.29) is 0 Å². The first-order chi connectivity index (χ1) is 28.2. The molecule has 0 atom stereocenters. The van der Waals surface area contributed by atoms with E-state index >= 15 is 0 Å². The van der Waals surface area contributed by atoms with Crippen molar-refractivity contribution in [1.82, 2.24) is 4.57 Å². The molecule has 268 valence electrons. The van der Waals surface area contributed by atoms with Crippen LogP contribution in [0.4, 0.5) is 17.1 Å². The van der Waals surface area contributed by atoms with Crippen LogP contribution < -0.4 is 22.5 Å². The maximum absolute atomic E-state index is 9.49. The monoisotopic (exact) mass is 789 g/mol. The molecule has 4 heteroatoms. The first-order valence-electron chi connectivity index (χ1n) is 19.3. The topological polar surface area (TPSA) is 32.0 Å². The molecule has 9 aromatic carbocycles. The van der Waals surface area contributed by atoms with Gasteiger partial charge >= 0.3 is 308 Å². The SMILES string of the molecule is N#Cc1ccc(-n2c3ccccc3c3cc(N(c4cc[c]([Ge]([c]5ccccc5)([c]5ccccc5)[c]5ccccc5)cc4)c4cccc5ccccc45)ccc32)cc1. The fourth-order valence-electron chi connectivity index (χ4n) is 8.82. The number of nitriles is 1. The molecule has 0 aliphatic rings. The number of para-hydroxylation sites is 1. The van der Waals surface area contributed by atoms with E-state index in [1.165, 1.54) is 39.1 Å². The Morgan fingerprint density at radius 3 is 1.54 bits per heavy atom. The fraction of sp³-hybridized carbons (Fsp3) is 0. The molecule has 10 aromatic rings. The minimum absolute atomic E-state index is 0.649. The molecule has 0 saturated carbocycles. The van der Waals surface area contributed by atoms with Gasteiger partial charge in [-0.05, 0) is 12.1 Å². The molecule has 1 heterocycles. The first kappa shape index (κ1) is 34.4. The van der Waals surface area contributed by atoms with E-state index < -0.39 is 13.3 Å². The van der Waals surface area contributed by atoms with Crippen LogP contribution in [0.3, 0.4) is 0 Å². The Balaban J connectivity index is 1.19. The summed E-state index contributed by atoms with van der Waals surface area (Å²) in [7, 11) is 0. The van der Waals surface area contributed by atoms with Crippen molar-refractivity contribution < 1.29 is 0 Å². The molecule has 3 nitrogen and oxygen atoms in total. The molecule has 0 aliphatic carbocycles. The summed E-state index contributed by atoms with van der Waals surface area (Å²) in [5, 5.41) is 14.2. The summed E-state index contributed by atoms with van der Waals surface area (Å²) in [5.41, 5.74) is 7.21. The zero-order valence-corrected chi connectivity index (χ0v) is 33.3. The third-order valence-electron chi connectivity index (χ3n) is 11.4. The second-order valence-corrected chi connectivity index (χ2v) is 22.4. The molecule has 0 N–H and O–H groups in total. The van der Waals surface area contributed by atoms with Crippen molar-refractivity contribution >= 4 is 80.5 Å². The quantitative estimate of drug-likeness (QED) is 0.144. The Bertz CT molecular complexity index is 2960. The molecule has 0 spiro atoms. The smallest absolute Gasteiger partial charge is 0.0423 e. The van der Waals surface area contributed by atoms with Gasteiger partial charge in [0.1, 0.15) is 0 Å². The van der Waals surface area contributed by atoms with Crippen LogP contribution in [0.15, 0.2) is 224 Å². The van der Waals surface area contributed by atoms with Crippen LogP contribution >= 0.6 is 0 Å². The van der Waals surface area contributed by atoms with Gasteiger partial charge in [-0.1, -0.05) is 0 Å². The Labute approximate surface area is 335 Å². The normalized spacial score (nSPS) is 11.5. The Kier molecular flexibility index (Phi) is 8.75. The average Bonchev–Trinajstić information content (AvgIpc) is 3.62. The second kappa shape index (κ2) is 14.5. The number of benzene rings is 9. The van der Waals surface area contributed by atoms with Crippen LogP contribution in [-0.4, -0.2) is 17.8 Å². The first-order valence-corrected chi connectivity index (χ1v) is 23.5. The third-order valence-corrected chi connectivity index (χ3v) is 21.4. The van der Waals surface area contributed by atoms with Crippen LogP contribution in [0.5, 0.6) is 0 Å². The van der Waals surface area contributed by atoms with Crippen molar-refractivity contribution in [3.8, 4) is 11.8 Å². The summed E-state index contributed by atoms with van der Waals surface area (Å²) in [5.74, 6) is 0. The zero-order chi connectivity index (χ0) is 38.2. The predicted octanol–water partition coefficient (Wildman–Crippen LogP) is 10.7. The number of rotatable bonds is 8. The third kappa shape index (κ3) is 5.82. The summed E-state index contributed by atoms with van der Waals surface area (Å²) < 4.78 is 7.88. The number of aromatic nitrogens is 1. The van der Waals surface area contributed by atoms with Crippen molar-refractivity contribution in [1.29, 1.82) is 5.26 Å². The molecule has 0 unspecified atom stereocenters. The zero-order valence-electron chi connectivity index (χ0n) is 31.2. The van der Waals surface area contributed by atoms with E-state index in [1.54, 1.807) is 0 Å². The molecule has 10 rings (SSSR count). The van der Waals surface area contributed by atoms with Crippen LogP contribution in [0.1, 0.15) is 5.56 Å². The predicted molar refractivity (Wildman–Crippen MR) is 241 cm³/mol. The molecular weight excluding hydrogens is 751 g/mol. The summed E-state index contributed by atoms with van der Waals surface area (Å²) in [4.78, 5) is 2.42. The number of hydrogen-bond acceptors (Lipinski definition) is 2. The van der Waals surface area contributed by atoms with Gasteiger partial charge in [0.25, 0.3) is 0 Å². The minimum atomic E-state index is -3.46. The van der Waals surface area contributed by atoms with Gasteiger partial charge in [-0.25, -0.2) is 0 Å². The van der Waals surface area contributed by atoms with Crippen LogP contribution in [-0.2, 0) is 0 Å². The van der Waals surface area contributed by atoms with Crippen LogP contribution in [0, 0.1) is 11.3 Å². The van der Waals surface area contributed by atoms with Crippen molar-refractivity contribution in [3.05, 3.63) is 230 Å². The van der Waals surface area contributed by atoms with E-state index in [2.05, 4.69) is 216 Å². The van der Waals surface area contributed by atoms with Gasteiger partial charge in [0.2, 0.25) is 0 Å². The molecule has 1 aromatic heterocycles. The molecule has 0 radical (unpaired) electrons. The van der Waals surface area contributed by atoms with Crippen molar-refractivity contribution in [2.75, 3.05) is 4.90 Å². The Hall–Kier alpha value is -7.13. The molecule has 0 fully saturated rings. The Morgan fingerprint density at radius 1 is 0.404 bits per heavy atom. The number of fused-ring (bicyclic) bond motifs is 4. The number of nitrogens with zero attached hydrogens (tertiary/aromatic N) is 3. The maximum atomic E-state index is 9.49. The molecule has 0 aliphatic heterocycles. The average molecular weight is 789 g/mol. The van der Waals surface area contributed by atoms with Gasteiger partial charge in [0.15, 0.2) is 0 Å². The summed E-state index contributed by atoms with van der Waals surface area (Å²) >= 11 is -3.46. The summed E-state index contributed by atoms with van der Waals surface area (Å²) in [6.07, 6.45) is 0. The van der Waals surface area contributed by atoms with Crippen molar-refractivity contribution in [3.63, 3.8) is 0 Å². The van der Waals surface area contributed by atoms with E-state index in [0.717, 1.165) is 33.8 Å². The van der Waals surface area contributed by atoms with Crippen LogP contribution in [0.2, 0.25) is 0 Å². The van der Waals surface area contributed by atoms with Gasteiger partial charge in [0, 0.05) is 0 Å². The fourth-order valence-corrected chi connectivity index (χ4v) is 18.8. The van der Waals surface area contributed by atoms with Gasteiger partial charge in [-0.3, -0.25) is 0 Å². The van der Waals surface area contributed by atoms with Gasteiger partial charge in [0.05, 0.1) is 11.6 Å². The van der Waals surface area contributed by atoms with Crippen molar-refractivity contribution in [2.24, 2.45) is 0 Å². The van der Waals surface area contributed by atoms with Crippen molar-refractivity contribution in [2.45, 2.75) is 0 Å². The van der Waals surface area contributed by atoms with E-state index in [1.807, 2.05) is 24.3 Å². The standard InChI is InChI=1S/C53H37GeN3/c55-38-39-27-31-46(32-28-39)57-52-25-13-12-24-49(52)50-37-47(35-36-53(50)57)56(51-26-14-16-40-15-10-11-23-48(40)51)45-33-29-44(30-34-45)54(41-17-4-1-5-18-41,42-19-6-2-7-20-42)43-21-8-3-9-22-43/h1-37H. The van der Waals surface area contributed by atoms with Gasteiger partial charge in [-0.15, -0.1) is 0 Å². The summed E-state index contributed by atoms with van der Waals surface area (Å²) in [6, 6.07) is 83.7. The number of anilines is 3. The van der Waals surface area contributed by atoms with Gasteiger partial charge in [-0.2, -0.15) is 5.26 Å². The van der Waals surface area contributed by atoms with E-state index in [4.69, 9.17) is 0 Å². The Morgan fingerprint density at radius 2 is 0.912 bits per heavy atom. The van der Waals surface area contributed by atoms with E-state index in [9.17, 15) is 5.26 Å². The van der Waals surface area contributed by atoms with Crippen LogP contribution in [0.25, 0.3) is 38.3 Å². The molecule has 57 heavy (non-hydrogen) atoms. The molecule has 0 saturated heterocycles. The molecule has 0 bridgehead atoms. The number of hydrogen-bond donors (Lipinski definition) is 0. The minimum Gasteiger partial charge on any atom is -0.0423 e. The second-order valence-electron chi connectivity index (χ2n) is 14.4. The molecular formula is C53H37GeN3. The van der Waals surface area contributed by atoms with E-state index in [0.29, 0.717) is 5.56 Å².